The smallest absolute Gasteiger partial charge is 0.193 e. The molecule has 1 unspecified atom stereocenters. The van der Waals surface area contributed by atoms with Crippen molar-refractivity contribution in [2.75, 3.05) is 40.4 Å². The molecule has 1 heterocycles. The van der Waals surface area contributed by atoms with Gasteiger partial charge in [0.05, 0.1) is 20.3 Å². The van der Waals surface area contributed by atoms with Crippen molar-refractivity contribution in [2.45, 2.75) is 31.3 Å². The van der Waals surface area contributed by atoms with Crippen LogP contribution in [0.15, 0.2) is 59.6 Å². The molecule has 1 saturated carbocycles. The Hall–Kier alpha value is -1.80. The van der Waals surface area contributed by atoms with Crippen LogP contribution in [-0.2, 0) is 16.8 Å². The number of halogens is 1. The number of ether oxygens (including phenoxy) is 2. The van der Waals surface area contributed by atoms with Crippen molar-refractivity contribution in [2.24, 2.45) is 10.9 Å². The van der Waals surface area contributed by atoms with Gasteiger partial charge in [-0.05, 0) is 30.9 Å². The molecule has 0 spiro atoms. The number of para-hydroxylation sites is 1. The van der Waals surface area contributed by atoms with Gasteiger partial charge in [-0.15, -0.1) is 24.0 Å². The molecule has 2 fully saturated rings. The monoisotopic (exact) mass is 535 g/mol. The van der Waals surface area contributed by atoms with Crippen LogP contribution in [0.3, 0.4) is 0 Å². The first kappa shape index (κ1) is 23.9. The third-order valence-corrected chi connectivity index (χ3v) is 6.38. The van der Waals surface area contributed by atoms with Crippen molar-refractivity contribution >= 4 is 29.9 Å². The molecule has 2 aromatic rings. The number of nitrogens with one attached hydrogen (secondary N) is 1. The van der Waals surface area contributed by atoms with E-state index in [1.165, 1.54) is 24.0 Å². The number of rotatable bonds is 8. The summed E-state index contributed by atoms with van der Waals surface area (Å²) in [6, 6.07) is 18.8. The molecule has 1 aliphatic carbocycles. The molecule has 0 aromatic heterocycles. The lowest BCUT2D eigenvalue weighted by Gasteiger charge is -2.25. The van der Waals surface area contributed by atoms with Gasteiger partial charge in [0.1, 0.15) is 5.75 Å². The van der Waals surface area contributed by atoms with E-state index in [1.54, 1.807) is 7.11 Å². The summed E-state index contributed by atoms with van der Waals surface area (Å²) in [5, 5.41) is 3.65. The van der Waals surface area contributed by atoms with E-state index in [0.29, 0.717) is 12.5 Å². The zero-order chi connectivity index (χ0) is 20.8. The summed E-state index contributed by atoms with van der Waals surface area (Å²) in [4.78, 5) is 6.93. The first-order chi connectivity index (χ1) is 14.7. The van der Waals surface area contributed by atoms with E-state index in [1.807, 2.05) is 19.2 Å². The molecule has 168 valence electrons. The number of benzene rings is 2. The fourth-order valence-corrected chi connectivity index (χ4v) is 4.43. The second-order valence-corrected chi connectivity index (χ2v) is 8.48. The topological polar surface area (TPSA) is 46.1 Å². The highest BCUT2D eigenvalue weighted by Gasteiger charge is 2.46. The third kappa shape index (κ3) is 5.92. The number of nitrogens with zero attached hydrogens (tertiary/aromatic N) is 2. The number of methoxy groups -OCH3 is 1. The summed E-state index contributed by atoms with van der Waals surface area (Å²) in [7, 11) is 3.63. The second-order valence-electron chi connectivity index (χ2n) is 8.48. The molecular formula is C25H34IN3O2. The zero-order valence-corrected chi connectivity index (χ0v) is 20.9. The van der Waals surface area contributed by atoms with E-state index < -0.39 is 0 Å². The number of aliphatic imine (C=N–C) groups is 1. The quantitative estimate of drug-likeness (QED) is 0.308. The predicted octanol–water partition coefficient (Wildman–Crippen LogP) is 4.46. The summed E-state index contributed by atoms with van der Waals surface area (Å²) in [6.07, 6.45) is 3.52. The van der Waals surface area contributed by atoms with Crippen molar-refractivity contribution in [1.29, 1.82) is 0 Å². The van der Waals surface area contributed by atoms with Gasteiger partial charge in [-0.3, -0.25) is 4.99 Å². The number of guanidine groups is 1. The summed E-state index contributed by atoms with van der Waals surface area (Å²) in [6.45, 7) is 4.40. The highest BCUT2D eigenvalue weighted by molar-refractivity contribution is 14.0. The SMILES string of the molecule is CN=C(NCC1(c2ccccc2OC)CC1)N1CCC(COCc2ccccc2)C1.I. The van der Waals surface area contributed by atoms with Crippen LogP contribution in [-0.4, -0.2) is 51.3 Å². The molecule has 2 aromatic carbocycles. The Labute approximate surface area is 203 Å². The van der Waals surface area contributed by atoms with Crippen molar-refractivity contribution in [3.05, 3.63) is 65.7 Å². The molecule has 31 heavy (non-hydrogen) atoms. The molecule has 2 aliphatic rings. The summed E-state index contributed by atoms with van der Waals surface area (Å²) >= 11 is 0. The number of hydrogen-bond donors (Lipinski definition) is 1. The van der Waals surface area contributed by atoms with Gasteiger partial charge in [0.2, 0.25) is 0 Å². The molecule has 5 nitrogen and oxygen atoms in total. The maximum Gasteiger partial charge on any atom is 0.193 e. The predicted molar refractivity (Wildman–Crippen MR) is 136 cm³/mol. The van der Waals surface area contributed by atoms with Gasteiger partial charge < -0.3 is 19.7 Å². The molecule has 0 bridgehead atoms. The lowest BCUT2D eigenvalue weighted by atomic mass is 9.95. The third-order valence-electron chi connectivity index (χ3n) is 6.38. The van der Waals surface area contributed by atoms with Crippen LogP contribution in [0.5, 0.6) is 5.75 Å². The fourth-order valence-electron chi connectivity index (χ4n) is 4.43. The molecule has 0 amide bonds. The lowest BCUT2D eigenvalue weighted by Crippen LogP contribution is -2.43. The maximum absolute atomic E-state index is 5.97. The van der Waals surface area contributed by atoms with Crippen LogP contribution in [0.1, 0.15) is 30.4 Å². The van der Waals surface area contributed by atoms with Gasteiger partial charge in [0.15, 0.2) is 5.96 Å². The van der Waals surface area contributed by atoms with Gasteiger partial charge in [0, 0.05) is 43.6 Å². The summed E-state index contributed by atoms with van der Waals surface area (Å²) < 4.78 is 11.6. The molecular weight excluding hydrogens is 501 g/mol. The maximum atomic E-state index is 5.97. The Morgan fingerprint density at radius 1 is 1.13 bits per heavy atom. The molecule has 1 N–H and O–H groups in total. The van der Waals surface area contributed by atoms with Gasteiger partial charge in [-0.2, -0.15) is 0 Å². The van der Waals surface area contributed by atoms with E-state index in [9.17, 15) is 0 Å². The van der Waals surface area contributed by atoms with Crippen molar-refractivity contribution in [3.63, 3.8) is 0 Å². The summed E-state index contributed by atoms with van der Waals surface area (Å²) in [5.41, 5.74) is 2.71. The molecule has 6 heteroatoms. The Bertz CT molecular complexity index is 855. The minimum Gasteiger partial charge on any atom is -0.496 e. The Balaban J connectivity index is 0.00000272. The van der Waals surface area contributed by atoms with Crippen molar-refractivity contribution in [1.82, 2.24) is 10.2 Å². The van der Waals surface area contributed by atoms with Gasteiger partial charge in [-0.25, -0.2) is 0 Å². The largest absolute Gasteiger partial charge is 0.496 e. The average Bonchev–Trinajstić information content (AvgIpc) is 3.44. The van der Waals surface area contributed by atoms with Gasteiger partial charge >= 0.3 is 0 Å². The lowest BCUT2D eigenvalue weighted by molar-refractivity contribution is 0.0906. The molecule has 1 aliphatic heterocycles. The average molecular weight is 535 g/mol. The first-order valence-corrected chi connectivity index (χ1v) is 10.9. The number of hydrogen-bond acceptors (Lipinski definition) is 3. The van der Waals surface area contributed by atoms with Gasteiger partial charge in [-0.1, -0.05) is 48.5 Å². The normalized spacial score (nSPS) is 19.6. The van der Waals surface area contributed by atoms with Crippen LogP contribution in [0, 0.1) is 5.92 Å². The molecule has 1 saturated heterocycles. The zero-order valence-electron chi connectivity index (χ0n) is 18.5. The standard InChI is InChI=1S/C25H33N3O2.HI/c1-26-24(27-19-25(13-14-25)22-10-6-7-11-23(22)29-2)28-15-12-21(16-28)18-30-17-20-8-4-3-5-9-20;/h3-11,21H,12-19H2,1-2H3,(H,26,27);1H. The Kier molecular flexibility index (Phi) is 8.60. The van der Waals surface area contributed by atoms with Crippen LogP contribution in [0.25, 0.3) is 0 Å². The van der Waals surface area contributed by atoms with Crippen molar-refractivity contribution < 1.29 is 9.47 Å². The van der Waals surface area contributed by atoms with Crippen LogP contribution in [0.4, 0.5) is 0 Å². The van der Waals surface area contributed by atoms with Crippen LogP contribution in [0.2, 0.25) is 0 Å². The summed E-state index contributed by atoms with van der Waals surface area (Å²) in [5.74, 6) is 2.54. The van der Waals surface area contributed by atoms with Crippen LogP contribution >= 0.6 is 24.0 Å². The minimum absolute atomic E-state index is 0. The Morgan fingerprint density at radius 3 is 2.58 bits per heavy atom. The minimum atomic E-state index is 0. The van der Waals surface area contributed by atoms with E-state index >= 15 is 0 Å². The fraction of sp³-hybridized carbons (Fsp3) is 0.480. The second kappa shape index (κ2) is 11.2. The molecule has 4 rings (SSSR count). The molecule has 0 radical (unpaired) electrons. The van der Waals surface area contributed by atoms with E-state index in [0.717, 1.165) is 44.4 Å². The van der Waals surface area contributed by atoms with Gasteiger partial charge in [0.25, 0.3) is 0 Å². The highest BCUT2D eigenvalue weighted by Crippen LogP contribution is 2.50. The van der Waals surface area contributed by atoms with Crippen LogP contribution < -0.4 is 10.1 Å². The van der Waals surface area contributed by atoms with E-state index in [-0.39, 0.29) is 29.4 Å². The highest BCUT2D eigenvalue weighted by atomic mass is 127. The van der Waals surface area contributed by atoms with E-state index in [4.69, 9.17) is 9.47 Å². The van der Waals surface area contributed by atoms with E-state index in [2.05, 4.69) is 57.7 Å². The van der Waals surface area contributed by atoms with Crippen molar-refractivity contribution in [3.8, 4) is 5.75 Å². The molecule has 1 atom stereocenters. The first-order valence-electron chi connectivity index (χ1n) is 10.9. The number of likely N-dealkylation sites (tertiary alicyclic amines) is 1. The Morgan fingerprint density at radius 2 is 1.87 bits per heavy atom.